The number of hydrogen-bond acceptors (Lipinski definition) is 3. The Labute approximate surface area is 124 Å². The Morgan fingerprint density at radius 2 is 1.52 bits per heavy atom. The van der Waals surface area contributed by atoms with E-state index in [1.807, 2.05) is 37.3 Å². The predicted molar refractivity (Wildman–Crippen MR) is 84.5 cm³/mol. The molecule has 0 radical (unpaired) electrons. The fourth-order valence-corrected chi connectivity index (χ4v) is 2.45. The van der Waals surface area contributed by atoms with Crippen LogP contribution in [0, 0.1) is 6.92 Å². The van der Waals surface area contributed by atoms with Gasteiger partial charge in [0.2, 0.25) is 0 Å². The molecular weight excluding hydrogens is 260 g/mol. The van der Waals surface area contributed by atoms with Crippen LogP contribution in [0.5, 0.6) is 0 Å². The molecule has 3 heteroatoms. The van der Waals surface area contributed by atoms with Crippen molar-refractivity contribution in [1.82, 2.24) is 5.43 Å². The van der Waals surface area contributed by atoms with Crippen LogP contribution in [0.15, 0.2) is 71.1 Å². The lowest BCUT2D eigenvalue weighted by Gasteiger charge is -2.14. The van der Waals surface area contributed by atoms with Crippen molar-refractivity contribution in [2.24, 2.45) is 5.84 Å². The number of nitrogens with one attached hydrogen (secondary N) is 1. The minimum absolute atomic E-state index is 0.136. The molecule has 0 aliphatic heterocycles. The number of hydrogen-bond donors (Lipinski definition) is 2. The molecule has 1 aromatic heterocycles. The molecule has 21 heavy (non-hydrogen) atoms. The lowest BCUT2D eigenvalue weighted by Crippen LogP contribution is -2.28. The molecule has 0 fully saturated rings. The molecule has 3 N–H and O–H groups in total. The average Bonchev–Trinajstić information content (AvgIpc) is 2.96. The van der Waals surface area contributed by atoms with E-state index in [2.05, 4.69) is 41.8 Å². The molecule has 1 heterocycles. The van der Waals surface area contributed by atoms with E-state index in [0.717, 1.165) is 17.1 Å². The monoisotopic (exact) mass is 278 g/mol. The topological polar surface area (TPSA) is 51.2 Å². The van der Waals surface area contributed by atoms with Crippen LogP contribution in [0.25, 0.3) is 11.1 Å². The van der Waals surface area contributed by atoms with Crippen molar-refractivity contribution in [2.45, 2.75) is 13.0 Å². The molecule has 0 amide bonds. The Kier molecular flexibility index (Phi) is 3.86. The van der Waals surface area contributed by atoms with Gasteiger partial charge in [-0.15, -0.1) is 0 Å². The highest BCUT2D eigenvalue weighted by Gasteiger charge is 2.15. The van der Waals surface area contributed by atoms with Crippen molar-refractivity contribution in [3.8, 4) is 11.1 Å². The third kappa shape index (κ3) is 2.89. The first kappa shape index (κ1) is 13.6. The molecule has 0 aliphatic rings. The highest BCUT2D eigenvalue weighted by molar-refractivity contribution is 5.63. The zero-order valence-electron chi connectivity index (χ0n) is 11.9. The normalized spacial score (nSPS) is 12.3. The maximum absolute atomic E-state index is 5.69. The first-order valence-corrected chi connectivity index (χ1v) is 6.96. The van der Waals surface area contributed by atoms with Crippen LogP contribution in [0.1, 0.15) is 23.1 Å². The Balaban J connectivity index is 1.89. The van der Waals surface area contributed by atoms with Gasteiger partial charge in [0.25, 0.3) is 0 Å². The summed E-state index contributed by atoms with van der Waals surface area (Å²) in [6.07, 6.45) is 0. The van der Waals surface area contributed by atoms with Crippen LogP contribution in [-0.4, -0.2) is 0 Å². The number of aryl methyl sites for hydroxylation is 1. The first-order valence-electron chi connectivity index (χ1n) is 6.96. The van der Waals surface area contributed by atoms with Gasteiger partial charge in [0.1, 0.15) is 17.6 Å². The van der Waals surface area contributed by atoms with E-state index in [-0.39, 0.29) is 6.04 Å². The molecular formula is C18H18N2O. The third-order valence-corrected chi connectivity index (χ3v) is 3.56. The predicted octanol–water partition coefficient (Wildman–Crippen LogP) is 3.81. The number of furan rings is 1. The quantitative estimate of drug-likeness (QED) is 0.563. The molecule has 3 rings (SSSR count). The molecule has 0 saturated heterocycles. The van der Waals surface area contributed by atoms with Crippen LogP contribution in [-0.2, 0) is 0 Å². The van der Waals surface area contributed by atoms with Crippen molar-refractivity contribution in [3.05, 3.63) is 83.8 Å². The summed E-state index contributed by atoms with van der Waals surface area (Å²) < 4.78 is 5.66. The Morgan fingerprint density at radius 3 is 2.10 bits per heavy atom. The zero-order valence-corrected chi connectivity index (χ0v) is 11.9. The Hall–Kier alpha value is -2.36. The van der Waals surface area contributed by atoms with Crippen LogP contribution >= 0.6 is 0 Å². The number of rotatable bonds is 4. The summed E-state index contributed by atoms with van der Waals surface area (Å²) in [5.41, 5.74) is 6.28. The van der Waals surface area contributed by atoms with Crippen LogP contribution < -0.4 is 11.3 Å². The molecule has 0 bridgehead atoms. The van der Waals surface area contributed by atoms with Crippen LogP contribution in [0.3, 0.4) is 0 Å². The SMILES string of the molecule is Cc1ccc(C(NN)c2ccc(-c3ccccc3)cc2)o1. The lowest BCUT2D eigenvalue weighted by molar-refractivity contribution is 0.435. The van der Waals surface area contributed by atoms with Gasteiger partial charge in [-0.2, -0.15) is 0 Å². The van der Waals surface area contributed by atoms with Crippen molar-refractivity contribution < 1.29 is 4.42 Å². The van der Waals surface area contributed by atoms with E-state index in [4.69, 9.17) is 10.3 Å². The Morgan fingerprint density at radius 1 is 0.857 bits per heavy atom. The van der Waals surface area contributed by atoms with Gasteiger partial charge in [0.15, 0.2) is 0 Å². The van der Waals surface area contributed by atoms with E-state index < -0.39 is 0 Å². The first-order chi connectivity index (χ1) is 10.3. The van der Waals surface area contributed by atoms with Crippen LogP contribution in [0.2, 0.25) is 0 Å². The standard InChI is InChI=1S/C18H18N2O/c1-13-7-12-17(21-13)18(20-19)16-10-8-15(9-11-16)14-5-3-2-4-6-14/h2-12,18,20H,19H2,1H3. The maximum Gasteiger partial charge on any atom is 0.126 e. The molecule has 1 atom stereocenters. The number of nitrogens with two attached hydrogens (primary N) is 1. The van der Waals surface area contributed by atoms with E-state index in [1.54, 1.807) is 0 Å². The summed E-state index contributed by atoms with van der Waals surface area (Å²) in [6, 6.07) is 22.4. The summed E-state index contributed by atoms with van der Waals surface area (Å²) in [5.74, 6) is 7.39. The highest BCUT2D eigenvalue weighted by Crippen LogP contribution is 2.26. The van der Waals surface area contributed by atoms with E-state index in [9.17, 15) is 0 Å². The molecule has 2 aromatic carbocycles. The van der Waals surface area contributed by atoms with Crippen molar-refractivity contribution in [2.75, 3.05) is 0 Å². The zero-order chi connectivity index (χ0) is 14.7. The second-order valence-electron chi connectivity index (χ2n) is 5.04. The van der Waals surface area contributed by atoms with Gasteiger partial charge in [-0.3, -0.25) is 5.84 Å². The highest BCUT2D eigenvalue weighted by atomic mass is 16.3. The molecule has 0 aliphatic carbocycles. The molecule has 3 aromatic rings. The smallest absolute Gasteiger partial charge is 0.126 e. The summed E-state index contributed by atoms with van der Waals surface area (Å²) in [5, 5.41) is 0. The molecule has 0 spiro atoms. The van der Waals surface area contributed by atoms with Crippen molar-refractivity contribution >= 4 is 0 Å². The Bertz CT molecular complexity index is 702. The third-order valence-electron chi connectivity index (χ3n) is 3.56. The minimum Gasteiger partial charge on any atom is -0.464 e. The van der Waals surface area contributed by atoms with Gasteiger partial charge in [-0.05, 0) is 35.7 Å². The number of benzene rings is 2. The second-order valence-corrected chi connectivity index (χ2v) is 5.04. The largest absolute Gasteiger partial charge is 0.464 e. The van der Waals surface area contributed by atoms with E-state index >= 15 is 0 Å². The van der Waals surface area contributed by atoms with E-state index in [0.29, 0.717) is 0 Å². The minimum atomic E-state index is -0.136. The number of hydrazine groups is 1. The van der Waals surface area contributed by atoms with Crippen molar-refractivity contribution in [3.63, 3.8) is 0 Å². The molecule has 1 unspecified atom stereocenters. The molecule has 3 nitrogen and oxygen atoms in total. The maximum atomic E-state index is 5.69. The van der Waals surface area contributed by atoms with Gasteiger partial charge >= 0.3 is 0 Å². The summed E-state index contributed by atoms with van der Waals surface area (Å²) >= 11 is 0. The van der Waals surface area contributed by atoms with Gasteiger partial charge in [-0.25, -0.2) is 5.43 Å². The summed E-state index contributed by atoms with van der Waals surface area (Å²) in [7, 11) is 0. The fraction of sp³-hybridized carbons (Fsp3) is 0.111. The van der Waals surface area contributed by atoms with Gasteiger partial charge in [-0.1, -0.05) is 54.6 Å². The fourth-order valence-electron chi connectivity index (χ4n) is 2.45. The lowest BCUT2D eigenvalue weighted by atomic mass is 10.00. The molecule has 0 saturated carbocycles. The molecule has 106 valence electrons. The summed E-state index contributed by atoms with van der Waals surface area (Å²) in [4.78, 5) is 0. The second kappa shape index (κ2) is 5.95. The van der Waals surface area contributed by atoms with Gasteiger partial charge < -0.3 is 4.42 Å². The van der Waals surface area contributed by atoms with E-state index in [1.165, 1.54) is 11.1 Å². The van der Waals surface area contributed by atoms with Gasteiger partial charge in [0.05, 0.1) is 0 Å². The van der Waals surface area contributed by atoms with Crippen LogP contribution in [0.4, 0.5) is 0 Å². The van der Waals surface area contributed by atoms with Gasteiger partial charge in [0, 0.05) is 0 Å². The van der Waals surface area contributed by atoms with Crippen molar-refractivity contribution in [1.29, 1.82) is 0 Å². The average molecular weight is 278 g/mol. The summed E-state index contributed by atoms with van der Waals surface area (Å²) in [6.45, 7) is 1.93.